The Bertz CT molecular complexity index is 1210. The number of H-pyrrole nitrogens is 1. The molecule has 0 aliphatic carbocycles. The highest BCUT2D eigenvalue weighted by Crippen LogP contribution is 2.42. The lowest BCUT2D eigenvalue weighted by Crippen LogP contribution is -2.66. The van der Waals surface area contributed by atoms with Crippen molar-refractivity contribution in [2.45, 2.75) is 71.0 Å². The van der Waals surface area contributed by atoms with E-state index in [0.717, 1.165) is 11.1 Å². The number of hydroxylamine groups is 1. The minimum atomic E-state index is -0.377. The number of anilines is 1. The van der Waals surface area contributed by atoms with Crippen LogP contribution in [0.2, 0.25) is 0 Å². The molecule has 204 valence electrons. The van der Waals surface area contributed by atoms with Gasteiger partial charge in [-0.3, -0.25) is 14.7 Å². The van der Waals surface area contributed by atoms with Crippen LogP contribution in [-0.4, -0.2) is 73.8 Å². The van der Waals surface area contributed by atoms with Gasteiger partial charge in [0.15, 0.2) is 5.82 Å². The number of amides is 1. The van der Waals surface area contributed by atoms with E-state index < -0.39 is 0 Å². The zero-order valence-corrected chi connectivity index (χ0v) is 23.1. The van der Waals surface area contributed by atoms with Crippen molar-refractivity contribution in [3.05, 3.63) is 42.7 Å². The molecule has 3 aromatic rings. The number of phenolic OH excluding ortho intramolecular Hbond substituents is 1. The largest absolute Gasteiger partial charge is 0.507 e. The van der Waals surface area contributed by atoms with Gasteiger partial charge in [0.25, 0.3) is 0 Å². The van der Waals surface area contributed by atoms with Gasteiger partial charge in [-0.25, -0.2) is 5.06 Å². The molecule has 1 aliphatic rings. The van der Waals surface area contributed by atoms with Crippen molar-refractivity contribution in [2.75, 3.05) is 25.4 Å². The first-order valence-corrected chi connectivity index (χ1v) is 13.0. The molecule has 1 saturated heterocycles. The number of methoxy groups -OCH3 is 1. The van der Waals surface area contributed by atoms with E-state index in [0.29, 0.717) is 49.6 Å². The van der Waals surface area contributed by atoms with Crippen LogP contribution < -0.4 is 5.06 Å². The average Bonchev–Trinajstić information content (AvgIpc) is 3.40. The molecule has 0 spiro atoms. The number of hydrogen-bond donors (Lipinski definition) is 2. The number of carbonyl (C=O) groups excluding carboxylic acids is 1. The molecule has 2 aromatic heterocycles. The van der Waals surface area contributed by atoms with Gasteiger partial charge in [-0.05, 0) is 70.4 Å². The molecule has 1 aliphatic heterocycles. The molecule has 1 amide bonds. The van der Waals surface area contributed by atoms with E-state index in [-0.39, 0.29) is 28.8 Å². The number of benzene rings is 1. The highest BCUT2D eigenvalue weighted by molar-refractivity contribution is 5.78. The van der Waals surface area contributed by atoms with Crippen molar-refractivity contribution < 1.29 is 19.5 Å². The Labute approximate surface area is 223 Å². The van der Waals surface area contributed by atoms with Gasteiger partial charge in [-0.1, -0.05) is 13.0 Å². The highest BCUT2D eigenvalue weighted by atomic mass is 16.7. The number of aromatic nitrogens is 4. The van der Waals surface area contributed by atoms with E-state index in [4.69, 9.17) is 9.57 Å². The number of aromatic amines is 1. The molecule has 0 bridgehead atoms. The Morgan fingerprint density at radius 2 is 1.84 bits per heavy atom. The van der Waals surface area contributed by atoms with Crippen LogP contribution in [0.3, 0.4) is 0 Å². The molecular formula is C28H38N6O4. The van der Waals surface area contributed by atoms with Crippen molar-refractivity contribution >= 4 is 11.7 Å². The molecule has 10 heteroatoms. The first-order chi connectivity index (χ1) is 18.1. The van der Waals surface area contributed by atoms with Crippen LogP contribution in [-0.2, 0) is 14.4 Å². The molecule has 10 nitrogen and oxygen atoms in total. The number of phenols is 1. The number of nitrogens with one attached hydrogen (secondary N) is 1. The maximum atomic E-state index is 12.9. The summed E-state index contributed by atoms with van der Waals surface area (Å²) < 4.78 is 5.21. The third-order valence-electron chi connectivity index (χ3n) is 7.06. The summed E-state index contributed by atoms with van der Waals surface area (Å²) in [5.74, 6) is 0.815. The zero-order chi connectivity index (χ0) is 27.5. The average molecular weight is 523 g/mol. The summed E-state index contributed by atoms with van der Waals surface area (Å²) in [6, 6.07) is 9.05. The second kappa shape index (κ2) is 11.1. The SMILES string of the molecule is CCC(=O)N1C(C)(C)CC(N(OCCOC)c2ccc(-c3ccc(-c4cn[nH]c4)cc3O)nn2)CC1(C)C. The van der Waals surface area contributed by atoms with E-state index in [9.17, 15) is 9.90 Å². The maximum absolute atomic E-state index is 12.9. The Morgan fingerprint density at radius 3 is 2.39 bits per heavy atom. The Hall–Kier alpha value is -3.50. The molecule has 0 unspecified atom stereocenters. The fourth-order valence-electron chi connectivity index (χ4n) is 5.73. The molecule has 1 aromatic carbocycles. The normalized spacial score (nSPS) is 16.9. The van der Waals surface area contributed by atoms with Gasteiger partial charge in [0.05, 0.1) is 31.1 Å². The van der Waals surface area contributed by atoms with Gasteiger partial charge < -0.3 is 14.7 Å². The van der Waals surface area contributed by atoms with E-state index in [1.54, 1.807) is 25.6 Å². The molecule has 3 heterocycles. The lowest BCUT2D eigenvalue weighted by atomic mass is 9.76. The fourth-order valence-corrected chi connectivity index (χ4v) is 5.73. The lowest BCUT2D eigenvalue weighted by molar-refractivity contribution is -0.151. The summed E-state index contributed by atoms with van der Waals surface area (Å²) in [5, 5.41) is 28.2. The predicted molar refractivity (Wildman–Crippen MR) is 145 cm³/mol. The van der Waals surface area contributed by atoms with E-state index in [1.165, 1.54) is 0 Å². The van der Waals surface area contributed by atoms with E-state index in [1.807, 2.05) is 41.2 Å². The van der Waals surface area contributed by atoms with E-state index >= 15 is 0 Å². The number of hydrogen-bond acceptors (Lipinski definition) is 8. The summed E-state index contributed by atoms with van der Waals surface area (Å²) in [6.45, 7) is 11.1. The molecule has 1 fully saturated rings. The molecule has 38 heavy (non-hydrogen) atoms. The third kappa shape index (κ3) is 5.66. The summed E-state index contributed by atoms with van der Waals surface area (Å²) in [6.07, 6.45) is 5.34. The number of piperidine rings is 1. The van der Waals surface area contributed by atoms with Crippen LogP contribution in [0, 0.1) is 0 Å². The van der Waals surface area contributed by atoms with Crippen molar-refractivity contribution in [3.8, 4) is 28.1 Å². The van der Waals surface area contributed by atoms with Crippen LogP contribution in [0.1, 0.15) is 53.9 Å². The molecule has 4 rings (SSSR count). The van der Waals surface area contributed by atoms with Crippen molar-refractivity contribution in [3.63, 3.8) is 0 Å². The topological polar surface area (TPSA) is 117 Å². The second-order valence-electron chi connectivity index (χ2n) is 10.9. The first-order valence-electron chi connectivity index (χ1n) is 13.0. The molecule has 2 N–H and O–H groups in total. The van der Waals surface area contributed by atoms with Crippen LogP contribution in [0.4, 0.5) is 5.82 Å². The van der Waals surface area contributed by atoms with Gasteiger partial charge in [-0.2, -0.15) is 5.10 Å². The number of rotatable bonds is 9. The highest BCUT2D eigenvalue weighted by Gasteiger charge is 2.49. The summed E-state index contributed by atoms with van der Waals surface area (Å²) in [7, 11) is 1.63. The lowest BCUT2D eigenvalue weighted by Gasteiger charge is -2.56. The second-order valence-corrected chi connectivity index (χ2v) is 10.9. The number of aromatic hydroxyl groups is 1. The van der Waals surface area contributed by atoms with Crippen molar-refractivity contribution in [1.82, 2.24) is 25.3 Å². The molecular weight excluding hydrogens is 484 g/mol. The van der Waals surface area contributed by atoms with Crippen LogP contribution >= 0.6 is 0 Å². The zero-order valence-electron chi connectivity index (χ0n) is 23.1. The summed E-state index contributed by atoms with van der Waals surface area (Å²) in [5.41, 5.74) is 2.11. The number of nitrogens with zero attached hydrogens (tertiary/aromatic N) is 5. The van der Waals surface area contributed by atoms with Crippen LogP contribution in [0.25, 0.3) is 22.4 Å². The Kier molecular flexibility index (Phi) is 8.03. The van der Waals surface area contributed by atoms with Crippen molar-refractivity contribution in [1.29, 1.82) is 0 Å². The van der Waals surface area contributed by atoms with Crippen LogP contribution in [0.15, 0.2) is 42.7 Å². The number of ether oxygens (including phenoxy) is 1. The molecule has 0 saturated carbocycles. The third-order valence-corrected chi connectivity index (χ3v) is 7.06. The van der Waals surface area contributed by atoms with Gasteiger partial charge in [0.1, 0.15) is 5.75 Å². The Morgan fingerprint density at radius 1 is 1.11 bits per heavy atom. The number of likely N-dealkylation sites (tertiary alicyclic amines) is 1. The standard InChI is InChI=1S/C28H38N6O4/c1-7-26(36)34-27(2,3)15-21(16-28(34,4)5)33(38-13-12-37-6)25-11-10-23(31-32-25)22-9-8-19(14-24(22)35)20-17-29-30-18-20/h8-11,14,17-18,21,35H,7,12-13,15-16H2,1-6H3,(H,29,30). The summed E-state index contributed by atoms with van der Waals surface area (Å²) in [4.78, 5) is 21.1. The molecule has 0 radical (unpaired) electrons. The quantitative estimate of drug-likeness (QED) is 0.310. The van der Waals surface area contributed by atoms with Gasteiger partial charge in [0.2, 0.25) is 5.91 Å². The maximum Gasteiger partial charge on any atom is 0.223 e. The van der Waals surface area contributed by atoms with Gasteiger partial charge >= 0.3 is 0 Å². The minimum absolute atomic E-state index is 0.0411. The number of carbonyl (C=O) groups is 1. The van der Waals surface area contributed by atoms with Crippen molar-refractivity contribution in [2.24, 2.45) is 0 Å². The van der Waals surface area contributed by atoms with Gasteiger partial charge in [0, 0.05) is 41.9 Å². The predicted octanol–water partition coefficient (Wildman–Crippen LogP) is 4.58. The smallest absolute Gasteiger partial charge is 0.223 e. The molecule has 0 atom stereocenters. The first kappa shape index (κ1) is 27.5. The fraction of sp³-hybridized carbons (Fsp3) is 0.500. The van der Waals surface area contributed by atoms with E-state index in [2.05, 4.69) is 48.1 Å². The Balaban J connectivity index is 1.61. The van der Waals surface area contributed by atoms with Gasteiger partial charge in [-0.15, -0.1) is 10.2 Å². The monoisotopic (exact) mass is 522 g/mol. The minimum Gasteiger partial charge on any atom is -0.507 e. The summed E-state index contributed by atoms with van der Waals surface area (Å²) >= 11 is 0. The van der Waals surface area contributed by atoms with Crippen LogP contribution in [0.5, 0.6) is 5.75 Å².